The molecular formula is C11H10FN3. The molecule has 15 heavy (non-hydrogen) atoms. The molecule has 0 amide bonds. The van der Waals surface area contributed by atoms with E-state index in [0.29, 0.717) is 6.54 Å². The second kappa shape index (κ2) is 4.50. The van der Waals surface area contributed by atoms with Crippen molar-refractivity contribution >= 4 is 5.69 Å². The summed E-state index contributed by atoms with van der Waals surface area (Å²) in [5.74, 6) is -0.474. The van der Waals surface area contributed by atoms with E-state index >= 15 is 0 Å². The number of hydrogen-bond acceptors (Lipinski definition) is 3. The van der Waals surface area contributed by atoms with Crippen LogP contribution < -0.4 is 5.32 Å². The summed E-state index contributed by atoms with van der Waals surface area (Å²) in [5.41, 5.74) is 1.71. The second-order valence-electron chi connectivity index (χ2n) is 3.04. The quantitative estimate of drug-likeness (QED) is 0.777. The van der Waals surface area contributed by atoms with Gasteiger partial charge in [0.2, 0.25) is 5.95 Å². The predicted molar refractivity (Wildman–Crippen MR) is 55.8 cm³/mol. The summed E-state index contributed by atoms with van der Waals surface area (Å²) in [7, 11) is 0. The van der Waals surface area contributed by atoms with Gasteiger partial charge in [0, 0.05) is 6.20 Å². The molecule has 0 saturated heterocycles. The zero-order valence-electron chi connectivity index (χ0n) is 8.02. The maximum absolute atomic E-state index is 12.5. The number of halogens is 1. The highest BCUT2D eigenvalue weighted by atomic mass is 19.1. The van der Waals surface area contributed by atoms with Gasteiger partial charge in [-0.1, -0.05) is 6.07 Å². The molecule has 0 radical (unpaired) electrons. The molecule has 0 aliphatic rings. The minimum atomic E-state index is -0.474. The SMILES string of the molecule is Fc1ccc(NCc2ccccn2)cn1. The highest BCUT2D eigenvalue weighted by molar-refractivity contribution is 5.40. The number of rotatable bonds is 3. The Kier molecular flexibility index (Phi) is 2.88. The standard InChI is InChI=1S/C11H10FN3/c12-11-5-4-10(8-15-11)14-7-9-3-1-2-6-13-9/h1-6,8,14H,7H2. The number of pyridine rings is 2. The lowest BCUT2D eigenvalue weighted by atomic mass is 10.3. The van der Waals surface area contributed by atoms with Gasteiger partial charge in [0.05, 0.1) is 24.1 Å². The zero-order chi connectivity index (χ0) is 10.5. The van der Waals surface area contributed by atoms with E-state index in [4.69, 9.17) is 0 Å². The van der Waals surface area contributed by atoms with Crippen molar-refractivity contribution in [3.05, 3.63) is 54.4 Å². The van der Waals surface area contributed by atoms with Crippen LogP contribution >= 0.6 is 0 Å². The Bertz CT molecular complexity index is 414. The largest absolute Gasteiger partial charge is 0.378 e. The summed E-state index contributed by atoms with van der Waals surface area (Å²) in [6, 6.07) is 8.67. The van der Waals surface area contributed by atoms with Crippen LogP contribution in [0.15, 0.2) is 42.7 Å². The third kappa shape index (κ3) is 2.74. The molecule has 0 atom stereocenters. The lowest BCUT2D eigenvalue weighted by Gasteiger charge is -2.04. The Morgan fingerprint density at radius 2 is 2.07 bits per heavy atom. The van der Waals surface area contributed by atoms with Crippen molar-refractivity contribution in [3.63, 3.8) is 0 Å². The normalized spacial score (nSPS) is 9.93. The van der Waals surface area contributed by atoms with Gasteiger partial charge >= 0.3 is 0 Å². The van der Waals surface area contributed by atoms with Gasteiger partial charge in [-0.2, -0.15) is 4.39 Å². The Morgan fingerprint density at radius 3 is 2.73 bits per heavy atom. The molecule has 76 valence electrons. The zero-order valence-corrected chi connectivity index (χ0v) is 8.02. The summed E-state index contributed by atoms with van der Waals surface area (Å²) in [5, 5.41) is 3.10. The van der Waals surface area contributed by atoms with Gasteiger partial charge in [-0.05, 0) is 24.3 Å². The smallest absolute Gasteiger partial charge is 0.212 e. The van der Waals surface area contributed by atoms with Gasteiger partial charge in [-0.3, -0.25) is 4.98 Å². The average molecular weight is 203 g/mol. The second-order valence-corrected chi connectivity index (χ2v) is 3.04. The molecule has 2 heterocycles. The summed E-state index contributed by atoms with van der Waals surface area (Å²) >= 11 is 0. The van der Waals surface area contributed by atoms with Crippen LogP contribution in [0.1, 0.15) is 5.69 Å². The minimum Gasteiger partial charge on any atom is -0.378 e. The lowest BCUT2D eigenvalue weighted by Crippen LogP contribution is -2.01. The van der Waals surface area contributed by atoms with Gasteiger partial charge in [0.15, 0.2) is 0 Å². The monoisotopic (exact) mass is 203 g/mol. The third-order valence-corrected chi connectivity index (χ3v) is 1.93. The Labute approximate surface area is 87.0 Å². The van der Waals surface area contributed by atoms with Crippen LogP contribution in [-0.2, 0) is 6.54 Å². The van der Waals surface area contributed by atoms with E-state index in [-0.39, 0.29) is 0 Å². The van der Waals surface area contributed by atoms with E-state index in [2.05, 4.69) is 15.3 Å². The van der Waals surface area contributed by atoms with Gasteiger partial charge in [0.25, 0.3) is 0 Å². The van der Waals surface area contributed by atoms with Crippen molar-refractivity contribution in [2.24, 2.45) is 0 Å². The van der Waals surface area contributed by atoms with Crippen LogP contribution in [0, 0.1) is 5.95 Å². The number of nitrogens with one attached hydrogen (secondary N) is 1. The van der Waals surface area contributed by atoms with E-state index in [1.54, 1.807) is 12.3 Å². The fourth-order valence-electron chi connectivity index (χ4n) is 1.18. The summed E-state index contributed by atoms with van der Waals surface area (Å²) in [6.07, 6.45) is 3.19. The topological polar surface area (TPSA) is 37.8 Å². The summed E-state index contributed by atoms with van der Waals surface area (Å²) < 4.78 is 12.5. The fraction of sp³-hybridized carbons (Fsp3) is 0.0909. The van der Waals surface area contributed by atoms with E-state index in [0.717, 1.165) is 11.4 Å². The maximum atomic E-state index is 12.5. The van der Waals surface area contributed by atoms with Crippen LogP contribution in [0.2, 0.25) is 0 Å². The average Bonchev–Trinajstić information content (AvgIpc) is 2.30. The first kappa shape index (κ1) is 9.58. The molecule has 2 aromatic rings. The first-order valence-corrected chi connectivity index (χ1v) is 4.60. The van der Waals surface area contributed by atoms with Crippen LogP contribution in [0.25, 0.3) is 0 Å². The van der Waals surface area contributed by atoms with Crippen LogP contribution in [0.4, 0.5) is 10.1 Å². The molecule has 0 spiro atoms. The van der Waals surface area contributed by atoms with Crippen molar-refractivity contribution in [3.8, 4) is 0 Å². The number of nitrogens with zero attached hydrogens (tertiary/aromatic N) is 2. The molecule has 2 aromatic heterocycles. The number of aromatic nitrogens is 2. The molecule has 0 aliphatic heterocycles. The Morgan fingerprint density at radius 1 is 1.13 bits per heavy atom. The molecular weight excluding hydrogens is 193 g/mol. The van der Waals surface area contributed by atoms with Gasteiger partial charge in [-0.25, -0.2) is 4.98 Å². The van der Waals surface area contributed by atoms with Crippen molar-refractivity contribution < 1.29 is 4.39 Å². The summed E-state index contributed by atoms with van der Waals surface area (Å²) in [4.78, 5) is 7.70. The number of hydrogen-bond donors (Lipinski definition) is 1. The maximum Gasteiger partial charge on any atom is 0.212 e. The van der Waals surface area contributed by atoms with E-state index in [9.17, 15) is 4.39 Å². The molecule has 0 aliphatic carbocycles. The van der Waals surface area contributed by atoms with Crippen molar-refractivity contribution in [1.82, 2.24) is 9.97 Å². The molecule has 0 aromatic carbocycles. The van der Waals surface area contributed by atoms with E-state index in [1.165, 1.54) is 12.3 Å². The molecule has 1 N–H and O–H groups in total. The molecule has 3 nitrogen and oxygen atoms in total. The van der Waals surface area contributed by atoms with Gasteiger partial charge in [0.1, 0.15) is 0 Å². The third-order valence-electron chi connectivity index (χ3n) is 1.93. The van der Waals surface area contributed by atoms with Crippen molar-refractivity contribution in [1.29, 1.82) is 0 Å². The minimum absolute atomic E-state index is 0.474. The number of anilines is 1. The van der Waals surface area contributed by atoms with E-state index in [1.807, 2.05) is 18.2 Å². The van der Waals surface area contributed by atoms with Crippen LogP contribution in [-0.4, -0.2) is 9.97 Å². The molecule has 0 fully saturated rings. The lowest BCUT2D eigenvalue weighted by molar-refractivity contribution is 0.584. The highest BCUT2D eigenvalue weighted by Gasteiger charge is 1.95. The van der Waals surface area contributed by atoms with Crippen molar-refractivity contribution in [2.45, 2.75) is 6.54 Å². The predicted octanol–water partition coefficient (Wildman–Crippen LogP) is 2.23. The molecule has 2 rings (SSSR count). The molecule has 4 heteroatoms. The molecule has 0 unspecified atom stereocenters. The summed E-state index contributed by atoms with van der Waals surface area (Å²) in [6.45, 7) is 0.605. The Balaban J connectivity index is 1.96. The van der Waals surface area contributed by atoms with Crippen molar-refractivity contribution in [2.75, 3.05) is 5.32 Å². The van der Waals surface area contributed by atoms with Gasteiger partial charge < -0.3 is 5.32 Å². The van der Waals surface area contributed by atoms with E-state index < -0.39 is 5.95 Å². The first-order valence-electron chi connectivity index (χ1n) is 4.60. The molecule has 0 bridgehead atoms. The Hall–Kier alpha value is -1.97. The van der Waals surface area contributed by atoms with Gasteiger partial charge in [-0.15, -0.1) is 0 Å². The first-order chi connectivity index (χ1) is 7.34. The van der Waals surface area contributed by atoms with Crippen LogP contribution in [0.5, 0.6) is 0 Å². The molecule has 0 saturated carbocycles. The highest BCUT2D eigenvalue weighted by Crippen LogP contribution is 2.06. The fourth-order valence-corrected chi connectivity index (χ4v) is 1.18. The van der Waals surface area contributed by atoms with Crippen LogP contribution in [0.3, 0.4) is 0 Å².